The highest BCUT2D eigenvalue weighted by Gasteiger charge is 2.23. The van der Waals surface area contributed by atoms with Gasteiger partial charge in [0, 0.05) is 19.4 Å². The van der Waals surface area contributed by atoms with E-state index >= 15 is 0 Å². The highest BCUT2D eigenvalue weighted by molar-refractivity contribution is 9.11. The fourth-order valence-electron chi connectivity index (χ4n) is 1.57. The van der Waals surface area contributed by atoms with Crippen LogP contribution in [0.5, 0.6) is 0 Å². The van der Waals surface area contributed by atoms with Crippen LogP contribution in [0.1, 0.15) is 21.2 Å². The third-order valence-electron chi connectivity index (χ3n) is 2.37. The Morgan fingerprint density at radius 2 is 1.94 bits per heavy atom. The van der Waals surface area contributed by atoms with Crippen molar-refractivity contribution < 1.29 is 4.79 Å². The van der Waals surface area contributed by atoms with Gasteiger partial charge in [-0.3, -0.25) is 4.79 Å². The Balaban J connectivity index is 2.39. The number of Topliss-reactive ketones (excluding diaryl/α,β-unsaturated/α-hetero) is 1. The highest BCUT2D eigenvalue weighted by atomic mass is 79.9. The van der Waals surface area contributed by atoms with Gasteiger partial charge in [0.05, 0.1) is 6.07 Å². The largest absolute Gasteiger partial charge is 0.292 e. The molecule has 0 radical (unpaired) electrons. The standard InChI is InChI=1S/C13H7Br2NOS/c14-9-4-8(5-10(15)6-9)13(17)11(7-16)12-2-1-3-18-12/h1-6,11H. The van der Waals surface area contributed by atoms with E-state index < -0.39 is 5.92 Å². The van der Waals surface area contributed by atoms with Crippen LogP contribution >= 0.6 is 43.2 Å². The first-order chi connectivity index (χ1) is 8.61. The van der Waals surface area contributed by atoms with Crippen LogP contribution in [-0.2, 0) is 0 Å². The molecule has 1 aromatic carbocycles. The molecule has 2 rings (SSSR count). The Hall–Kier alpha value is -0.960. The van der Waals surface area contributed by atoms with Crippen molar-refractivity contribution in [2.75, 3.05) is 0 Å². The lowest BCUT2D eigenvalue weighted by Gasteiger charge is -2.07. The van der Waals surface area contributed by atoms with Gasteiger partial charge in [-0.05, 0) is 29.6 Å². The maximum Gasteiger partial charge on any atom is 0.185 e. The summed E-state index contributed by atoms with van der Waals surface area (Å²) < 4.78 is 1.62. The lowest BCUT2D eigenvalue weighted by molar-refractivity contribution is 0.0980. The molecule has 0 bridgehead atoms. The topological polar surface area (TPSA) is 40.9 Å². The van der Waals surface area contributed by atoms with Crippen molar-refractivity contribution in [1.29, 1.82) is 5.26 Å². The molecule has 2 nitrogen and oxygen atoms in total. The zero-order valence-corrected chi connectivity index (χ0v) is 13.0. The quantitative estimate of drug-likeness (QED) is 0.715. The van der Waals surface area contributed by atoms with Crippen LogP contribution in [0.3, 0.4) is 0 Å². The van der Waals surface area contributed by atoms with Gasteiger partial charge in [-0.15, -0.1) is 11.3 Å². The van der Waals surface area contributed by atoms with Crippen LogP contribution < -0.4 is 0 Å². The average molecular weight is 385 g/mol. The maximum absolute atomic E-state index is 12.3. The Morgan fingerprint density at radius 3 is 2.44 bits per heavy atom. The van der Waals surface area contributed by atoms with Gasteiger partial charge in [-0.2, -0.15) is 5.26 Å². The molecule has 1 aromatic heterocycles. The summed E-state index contributed by atoms with van der Waals surface area (Å²) in [7, 11) is 0. The fraction of sp³-hybridized carbons (Fsp3) is 0.0769. The fourth-order valence-corrected chi connectivity index (χ4v) is 3.63. The number of thiophene rings is 1. The second kappa shape index (κ2) is 5.79. The normalized spacial score (nSPS) is 11.8. The molecular formula is C13H7Br2NOS. The Morgan fingerprint density at radius 1 is 1.28 bits per heavy atom. The van der Waals surface area contributed by atoms with E-state index in [4.69, 9.17) is 0 Å². The number of halogens is 2. The smallest absolute Gasteiger partial charge is 0.185 e. The van der Waals surface area contributed by atoms with Crippen LogP contribution in [-0.4, -0.2) is 5.78 Å². The monoisotopic (exact) mass is 383 g/mol. The molecule has 0 aliphatic rings. The summed E-state index contributed by atoms with van der Waals surface area (Å²) in [6.07, 6.45) is 0. The van der Waals surface area contributed by atoms with E-state index in [2.05, 4.69) is 37.9 Å². The zero-order chi connectivity index (χ0) is 13.1. The number of carbonyl (C=O) groups is 1. The zero-order valence-electron chi connectivity index (χ0n) is 9.06. The number of hydrogen-bond donors (Lipinski definition) is 0. The summed E-state index contributed by atoms with van der Waals surface area (Å²) in [5.74, 6) is -0.909. The molecule has 0 amide bonds. The van der Waals surface area contributed by atoms with Gasteiger partial charge in [-0.1, -0.05) is 37.9 Å². The predicted molar refractivity (Wildman–Crippen MR) is 78.8 cm³/mol. The van der Waals surface area contributed by atoms with Gasteiger partial charge in [-0.25, -0.2) is 0 Å². The number of nitriles is 1. The second-order valence-corrected chi connectivity index (χ2v) is 6.41. The minimum absolute atomic E-state index is 0.179. The molecule has 0 spiro atoms. The summed E-state index contributed by atoms with van der Waals surface area (Å²) in [5.41, 5.74) is 0.524. The maximum atomic E-state index is 12.3. The molecule has 0 aliphatic heterocycles. The number of benzene rings is 1. The predicted octanol–water partition coefficient (Wildman–Crippen LogP) is 4.76. The van der Waals surface area contributed by atoms with Gasteiger partial charge >= 0.3 is 0 Å². The van der Waals surface area contributed by atoms with Gasteiger partial charge in [0.2, 0.25) is 0 Å². The van der Waals surface area contributed by atoms with Crippen LogP contribution in [0.25, 0.3) is 0 Å². The van der Waals surface area contributed by atoms with Crippen molar-refractivity contribution in [2.45, 2.75) is 5.92 Å². The Labute approximate surface area is 126 Å². The summed E-state index contributed by atoms with van der Waals surface area (Å²) in [4.78, 5) is 13.1. The molecule has 0 saturated carbocycles. The first kappa shape index (κ1) is 13.5. The lowest BCUT2D eigenvalue weighted by atomic mass is 9.97. The lowest BCUT2D eigenvalue weighted by Crippen LogP contribution is -2.10. The van der Waals surface area contributed by atoms with Gasteiger partial charge in [0.15, 0.2) is 5.78 Å². The molecule has 2 aromatic rings. The van der Waals surface area contributed by atoms with E-state index in [0.717, 1.165) is 13.8 Å². The van der Waals surface area contributed by atoms with Crippen molar-refractivity contribution in [3.8, 4) is 6.07 Å². The minimum atomic E-state index is -0.730. The van der Waals surface area contributed by atoms with E-state index in [1.54, 1.807) is 12.1 Å². The summed E-state index contributed by atoms with van der Waals surface area (Å²) >= 11 is 8.10. The summed E-state index contributed by atoms with van der Waals surface area (Å²) in [5, 5.41) is 11.0. The molecule has 5 heteroatoms. The third-order valence-corrected chi connectivity index (χ3v) is 4.22. The van der Waals surface area contributed by atoms with Crippen LogP contribution in [0, 0.1) is 11.3 Å². The number of carbonyl (C=O) groups excluding carboxylic acids is 1. The molecule has 18 heavy (non-hydrogen) atoms. The number of rotatable bonds is 3. The van der Waals surface area contributed by atoms with Crippen LogP contribution in [0.4, 0.5) is 0 Å². The molecule has 90 valence electrons. The van der Waals surface area contributed by atoms with E-state index in [9.17, 15) is 10.1 Å². The molecule has 1 unspecified atom stereocenters. The molecule has 0 N–H and O–H groups in total. The van der Waals surface area contributed by atoms with E-state index in [1.807, 2.05) is 23.6 Å². The highest BCUT2D eigenvalue weighted by Crippen LogP contribution is 2.27. The molecule has 0 aliphatic carbocycles. The molecule has 0 fully saturated rings. The Bertz CT molecular complexity index is 596. The van der Waals surface area contributed by atoms with Crippen molar-refractivity contribution in [3.05, 3.63) is 55.1 Å². The van der Waals surface area contributed by atoms with Crippen LogP contribution in [0.15, 0.2) is 44.7 Å². The third kappa shape index (κ3) is 2.89. The van der Waals surface area contributed by atoms with Crippen molar-refractivity contribution >= 4 is 49.0 Å². The minimum Gasteiger partial charge on any atom is -0.292 e. The van der Waals surface area contributed by atoms with Gasteiger partial charge < -0.3 is 0 Å². The van der Waals surface area contributed by atoms with Gasteiger partial charge in [0.25, 0.3) is 0 Å². The van der Waals surface area contributed by atoms with E-state index in [0.29, 0.717) is 5.56 Å². The van der Waals surface area contributed by atoms with Crippen molar-refractivity contribution in [1.82, 2.24) is 0 Å². The summed E-state index contributed by atoms with van der Waals surface area (Å²) in [6, 6.07) is 11.0. The molecule has 1 atom stereocenters. The first-order valence-electron chi connectivity index (χ1n) is 5.05. The second-order valence-electron chi connectivity index (χ2n) is 3.60. The van der Waals surface area contributed by atoms with Crippen molar-refractivity contribution in [2.24, 2.45) is 0 Å². The van der Waals surface area contributed by atoms with Crippen molar-refractivity contribution in [3.63, 3.8) is 0 Å². The SMILES string of the molecule is N#CC(C(=O)c1cc(Br)cc(Br)c1)c1cccs1. The molecule has 0 saturated heterocycles. The molecular weight excluding hydrogens is 378 g/mol. The van der Waals surface area contributed by atoms with E-state index in [1.165, 1.54) is 11.3 Å². The Kier molecular flexibility index (Phi) is 4.33. The summed E-state index contributed by atoms with van der Waals surface area (Å²) in [6.45, 7) is 0. The first-order valence-corrected chi connectivity index (χ1v) is 7.51. The molecule has 1 heterocycles. The van der Waals surface area contributed by atoms with Gasteiger partial charge in [0.1, 0.15) is 5.92 Å². The number of nitrogens with zero attached hydrogens (tertiary/aromatic N) is 1. The van der Waals surface area contributed by atoms with E-state index in [-0.39, 0.29) is 5.78 Å². The average Bonchev–Trinajstić information content (AvgIpc) is 2.82. The number of ketones is 1. The number of hydrogen-bond acceptors (Lipinski definition) is 3. The van der Waals surface area contributed by atoms with Crippen LogP contribution in [0.2, 0.25) is 0 Å².